The van der Waals surface area contributed by atoms with Crippen molar-refractivity contribution in [2.45, 2.75) is 5.92 Å². The van der Waals surface area contributed by atoms with Gasteiger partial charge in [-0.3, -0.25) is 4.79 Å². The predicted octanol–water partition coefficient (Wildman–Crippen LogP) is 2.28. The molecule has 0 unspecified atom stereocenters. The molecule has 0 amide bonds. The van der Waals surface area contributed by atoms with Crippen molar-refractivity contribution >= 4 is 29.8 Å². The standard InChI is InChI=1S/C28H26O10/c1-34-23(29)18-19(24(30)35-2)22(26(32)37-4)28(27(33)38-5,21(18)25(31)36-3)20(16-12-8-6-9-13-16)17-14-10-7-11-15-17/h6-15,20H,1-5H3. The van der Waals surface area contributed by atoms with E-state index < -0.39 is 63.5 Å². The molecule has 1 aliphatic carbocycles. The molecule has 0 saturated heterocycles. The highest BCUT2D eigenvalue weighted by atomic mass is 16.5. The van der Waals surface area contributed by atoms with Crippen molar-refractivity contribution in [3.8, 4) is 0 Å². The topological polar surface area (TPSA) is 132 Å². The Labute approximate surface area is 218 Å². The molecule has 0 spiro atoms. The van der Waals surface area contributed by atoms with Crippen LogP contribution in [-0.2, 0) is 47.7 Å². The zero-order chi connectivity index (χ0) is 28.0. The minimum atomic E-state index is -2.44. The molecule has 1 aliphatic rings. The van der Waals surface area contributed by atoms with Crippen molar-refractivity contribution in [1.82, 2.24) is 0 Å². The van der Waals surface area contributed by atoms with E-state index in [1.807, 2.05) is 0 Å². The van der Waals surface area contributed by atoms with Gasteiger partial charge in [-0.2, -0.15) is 0 Å². The summed E-state index contributed by atoms with van der Waals surface area (Å²) in [5.74, 6) is -7.03. The first kappa shape index (κ1) is 27.9. The van der Waals surface area contributed by atoms with Gasteiger partial charge in [-0.05, 0) is 11.1 Å². The molecule has 198 valence electrons. The van der Waals surface area contributed by atoms with E-state index in [0.29, 0.717) is 11.1 Å². The summed E-state index contributed by atoms with van der Waals surface area (Å²) in [6.07, 6.45) is 0. The molecule has 0 N–H and O–H groups in total. The van der Waals surface area contributed by atoms with E-state index in [4.69, 9.17) is 23.7 Å². The van der Waals surface area contributed by atoms with E-state index in [9.17, 15) is 24.0 Å². The lowest BCUT2D eigenvalue weighted by Crippen LogP contribution is -2.46. The van der Waals surface area contributed by atoms with Crippen LogP contribution in [-0.4, -0.2) is 65.4 Å². The highest BCUT2D eigenvalue weighted by Gasteiger charge is 2.66. The maximum Gasteiger partial charge on any atom is 0.339 e. The summed E-state index contributed by atoms with van der Waals surface area (Å²) in [5, 5.41) is 0. The molecule has 0 radical (unpaired) electrons. The van der Waals surface area contributed by atoms with Gasteiger partial charge in [0.1, 0.15) is 5.41 Å². The van der Waals surface area contributed by atoms with Crippen LogP contribution in [0.25, 0.3) is 0 Å². The molecule has 10 heteroatoms. The molecular weight excluding hydrogens is 496 g/mol. The Morgan fingerprint density at radius 1 is 0.526 bits per heavy atom. The third kappa shape index (κ3) is 4.34. The Bertz CT molecular complexity index is 1230. The minimum absolute atomic E-state index is 0.447. The van der Waals surface area contributed by atoms with E-state index in [0.717, 1.165) is 35.5 Å². The molecule has 2 aromatic carbocycles. The second-order valence-corrected chi connectivity index (χ2v) is 8.02. The lowest BCUT2D eigenvalue weighted by molar-refractivity contribution is -0.155. The number of methoxy groups -OCH3 is 5. The Balaban J connectivity index is 2.73. The van der Waals surface area contributed by atoms with Crippen molar-refractivity contribution in [3.05, 3.63) is 94.1 Å². The average Bonchev–Trinajstić information content (AvgIpc) is 3.28. The van der Waals surface area contributed by atoms with Crippen LogP contribution in [0.2, 0.25) is 0 Å². The molecule has 0 heterocycles. The van der Waals surface area contributed by atoms with Crippen molar-refractivity contribution < 1.29 is 47.7 Å². The zero-order valence-corrected chi connectivity index (χ0v) is 21.4. The van der Waals surface area contributed by atoms with Gasteiger partial charge in [0.05, 0.1) is 57.8 Å². The van der Waals surface area contributed by atoms with Gasteiger partial charge < -0.3 is 23.7 Å². The summed E-state index contributed by atoms with van der Waals surface area (Å²) < 4.78 is 25.0. The summed E-state index contributed by atoms with van der Waals surface area (Å²) in [5.41, 5.74) is -4.15. The first-order valence-electron chi connectivity index (χ1n) is 11.3. The number of esters is 5. The highest BCUT2D eigenvalue weighted by molar-refractivity contribution is 6.24. The van der Waals surface area contributed by atoms with Gasteiger partial charge >= 0.3 is 29.8 Å². The van der Waals surface area contributed by atoms with Crippen LogP contribution in [0.5, 0.6) is 0 Å². The quantitative estimate of drug-likeness (QED) is 0.376. The van der Waals surface area contributed by atoms with Crippen LogP contribution >= 0.6 is 0 Å². The van der Waals surface area contributed by atoms with E-state index in [-0.39, 0.29) is 0 Å². The third-order valence-corrected chi connectivity index (χ3v) is 6.30. The van der Waals surface area contributed by atoms with Gasteiger partial charge in [-0.25, -0.2) is 19.2 Å². The fourth-order valence-corrected chi connectivity index (χ4v) is 4.87. The molecule has 0 saturated carbocycles. The smallest absolute Gasteiger partial charge is 0.339 e. The van der Waals surface area contributed by atoms with Crippen molar-refractivity contribution in [2.75, 3.05) is 35.5 Å². The molecule has 10 nitrogen and oxygen atoms in total. The molecule has 0 fully saturated rings. The number of carbonyl (C=O) groups is 5. The summed E-state index contributed by atoms with van der Waals surface area (Å²) in [7, 11) is 5.14. The second-order valence-electron chi connectivity index (χ2n) is 8.02. The number of rotatable bonds is 8. The Morgan fingerprint density at radius 3 is 1.16 bits per heavy atom. The van der Waals surface area contributed by atoms with Crippen LogP contribution in [0.3, 0.4) is 0 Å². The van der Waals surface area contributed by atoms with E-state index in [1.54, 1.807) is 60.7 Å². The summed E-state index contributed by atoms with van der Waals surface area (Å²) in [6, 6.07) is 16.9. The number of carbonyl (C=O) groups excluding carboxylic acids is 5. The lowest BCUT2D eigenvalue weighted by atomic mass is 9.61. The van der Waals surface area contributed by atoms with Crippen LogP contribution in [0.15, 0.2) is 83.0 Å². The van der Waals surface area contributed by atoms with Crippen LogP contribution in [0, 0.1) is 5.41 Å². The van der Waals surface area contributed by atoms with Gasteiger partial charge in [0, 0.05) is 5.92 Å². The number of benzene rings is 2. The maximum absolute atomic E-state index is 14.1. The summed E-state index contributed by atoms with van der Waals surface area (Å²) in [4.78, 5) is 67.5. The van der Waals surface area contributed by atoms with Crippen LogP contribution < -0.4 is 0 Å². The van der Waals surface area contributed by atoms with E-state index in [1.165, 1.54) is 0 Å². The summed E-state index contributed by atoms with van der Waals surface area (Å²) in [6.45, 7) is 0. The average molecular weight is 523 g/mol. The molecule has 0 aliphatic heterocycles. The minimum Gasteiger partial charge on any atom is -0.468 e. The van der Waals surface area contributed by atoms with Gasteiger partial charge in [0.25, 0.3) is 0 Å². The molecule has 3 rings (SSSR count). The SMILES string of the molecule is COC(=O)C1=C(C(=O)OC)C(C(=O)OC)(C(c2ccccc2)c2ccccc2)C(C(=O)OC)=C1C(=O)OC. The van der Waals surface area contributed by atoms with Gasteiger partial charge in [-0.1, -0.05) is 60.7 Å². The first-order chi connectivity index (χ1) is 18.3. The number of ether oxygens (including phenoxy) is 5. The lowest BCUT2D eigenvalue weighted by Gasteiger charge is -2.38. The van der Waals surface area contributed by atoms with Gasteiger partial charge in [-0.15, -0.1) is 0 Å². The van der Waals surface area contributed by atoms with Gasteiger partial charge in [0.2, 0.25) is 0 Å². The van der Waals surface area contributed by atoms with Crippen LogP contribution in [0.4, 0.5) is 0 Å². The Kier molecular flexibility index (Phi) is 8.46. The Hall–Kier alpha value is -4.73. The molecule has 0 bridgehead atoms. The zero-order valence-electron chi connectivity index (χ0n) is 21.4. The predicted molar refractivity (Wildman–Crippen MR) is 131 cm³/mol. The molecule has 38 heavy (non-hydrogen) atoms. The van der Waals surface area contributed by atoms with Crippen molar-refractivity contribution in [3.63, 3.8) is 0 Å². The molecule has 0 aromatic heterocycles. The fourth-order valence-electron chi connectivity index (χ4n) is 4.87. The second kappa shape index (κ2) is 11.5. The van der Waals surface area contributed by atoms with Crippen molar-refractivity contribution in [1.29, 1.82) is 0 Å². The normalized spacial score (nSPS) is 14.2. The number of hydrogen-bond donors (Lipinski definition) is 0. The van der Waals surface area contributed by atoms with E-state index >= 15 is 0 Å². The molecule has 0 atom stereocenters. The first-order valence-corrected chi connectivity index (χ1v) is 11.3. The Morgan fingerprint density at radius 2 is 0.868 bits per heavy atom. The van der Waals surface area contributed by atoms with Crippen molar-refractivity contribution in [2.24, 2.45) is 5.41 Å². The van der Waals surface area contributed by atoms with E-state index in [2.05, 4.69) is 0 Å². The van der Waals surface area contributed by atoms with Crippen LogP contribution in [0.1, 0.15) is 17.0 Å². The summed E-state index contributed by atoms with van der Waals surface area (Å²) >= 11 is 0. The molecular formula is C28H26O10. The molecule has 2 aromatic rings. The largest absolute Gasteiger partial charge is 0.468 e. The third-order valence-electron chi connectivity index (χ3n) is 6.30. The van der Waals surface area contributed by atoms with Gasteiger partial charge in [0.15, 0.2) is 0 Å². The maximum atomic E-state index is 14.1. The highest BCUT2D eigenvalue weighted by Crippen LogP contribution is 2.59. The fraction of sp³-hybridized carbons (Fsp3) is 0.250. The number of hydrogen-bond acceptors (Lipinski definition) is 10. The monoisotopic (exact) mass is 522 g/mol.